The Bertz CT molecular complexity index is 992. The second-order valence-electron chi connectivity index (χ2n) is 6.35. The smallest absolute Gasteiger partial charge is 0.227 e. The first-order valence-corrected chi connectivity index (χ1v) is 8.08. The first-order valence-electron chi connectivity index (χ1n) is 8.08. The Hall–Kier alpha value is -3.15. The molecule has 4 rings (SSSR count). The molecule has 0 aliphatic carbocycles. The van der Waals surface area contributed by atoms with Crippen LogP contribution in [0.3, 0.4) is 0 Å². The lowest BCUT2D eigenvalue weighted by Gasteiger charge is -2.15. The maximum Gasteiger partial charge on any atom is 0.227 e. The highest BCUT2D eigenvalue weighted by atomic mass is 16.3. The van der Waals surface area contributed by atoms with Gasteiger partial charge in [-0.15, -0.1) is 0 Å². The first kappa shape index (κ1) is 15.4. The minimum atomic E-state index is -0.444. The van der Waals surface area contributed by atoms with Gasteiger partial charge in [-0.2, -0.15) is 0 Å². The molecular formula is C19H17N3O3. The molecule has 1 aliphatic rings. The number of oxazole rings is 1. The fourth-order valence-corrected chi connectivity index (χ4v) is 3.13. The second-order valence-corrected chi connectivity index (χ2v) is 6.35. The van der Waals surface area contributed by atoms with E-state index < -0.39 is 11.8 Å². The van der Waals surface area contributed by atoms with E-state index in [1.807, 2.05) is 31.2 Å². The Kier molecular flexibility index (Phi) is 3.53. The molecule has 2 amide bonds. The van der Waals surface area contributed by atoms with Crippen LogP contribution < -0.4 is 10.6 Å². The van der Waals surface area contributed by atoms with E-state index in [9.17, 15) is 9.59 Å². The van der Waals surface area contributed by atoms with Gasteiger partial charge in [-0.25, -0.2) is 4.98 Å². The number of fused-ring (bicyclic) bond motifs is 1. The minimum absolute atomic E-state index is 0.106. The third-order valence-electron chi connectivity index (χ3n) is 4.48. The van der Waals surface area contributed by atoms with Gasteiger partial charge >= 0.3 is 0 Å². The van der Waals surface area contributed by atoms with Crippen LogP contribution >= 0.6 is 0 Å². The SMILES string of the molecule is Cc1cccc(-c2nc3cc(N4C[C@H](C(N)=O)CC4=O)ccc3o2)c1. The van der Waals surface area contributed by atoms with Crippen LogP contribution in [0.4, 0.5) is 5.69 Å². The zero-order valence-electron chi connectivity index (χ0n) is 13.7. The summed E-state index contributed by atoms with van der Waals surface area (Å²) >= 11 is 0. The molecule has 0 spiro atoms. The van der Waals surface area contributed by atoms with Crippen molar-refractivity contribution in [2.24, 2.45) is 11.7 Å². The molecule has 25 heavy (non-hydrogen) atoms. The monoisotopic (exact) mass is 335 g/mol. The molecule has 2 heterocycles. The quantitative estimate of drug-likeness (QED) is 0.797. The van der Waals surface area contributed by atoms with Gasteiger partial charge in [0.15, 0.2) is 5.58 Å². The van der Waals surface area contributed by atoms with E-state index in [0.717, 1.165) is 11.1 Å². The molecule has 3 aromatic rings. The minimum Gasteiger partial charge on any atom is -0.436 e. The number of aryl methyl sites for hydroxylation is 1. The van der Waals surface area contributed by atoms with Gasteiger partial charge in [0.2, 0.25) is 17.7 Å². The van der Waals surface area contributed by atoms with E-state index in [-0.39, 0.29) is 12.3 Å². The Balaban J connectivity index is 1.69. The zero-order chi connectivity index (χ0) is 17.6. The van der Waals surface area contributed by atoms with Crippen molar-refractivity contribution < 1.29 is 14.0 Å². The van der Waals surface area contributed by atoms with Crippen molar-refractivity contribution in [1.82, 2.24) is 4.98 Å². The average molecular weight is 335 g/mol. The molecule has 0 bridgehead atoms. The van der Waals surface area contributed by atoms with E-state index in [4.69, 9.17) is 10.2 Å². The number of amides is 2. The third kappa shape index (κ3) is 2.76. The normalized spacial score (nSPS) is 17.4. The molecule has 0 unspecified atom stereocenters. The Morgan fingerprint density at radius 2 is 2.12 bits per heavy atom. The summed E-state index contributed by atoms with van der Waals surface area (Å²) in [6.45, 7) is 2.32. The van der Waals surface area contributed by atoms with Crippen LogP contribution in [0, 0.1) is 12.8 Å². The van der Waals surface area contributed by atoms with Crippen LogP contribution in [-0.2, 0) is 9.59 Å². The number of carbonyl (C=O) groups is 2. The van der Waals surface area contributed by atoms with Crippen LogP contribution in [0.15, 0.2) is 46.9 Å². The largest absolute Gasteiger partial charge is 0.436 e. The van der Waals surface area contributed by atoms with Gasteiger partial charge in [0.25, 0.3) is 0 Å². The number of nitrogens with two attached hydrogens (primary N) is 1. The summed E-state index contributed by atoms with van der Waals surface area (Å²) in [5.74, 6) is -0.451. The van der Waals surface area contributed by atoms with Crippen LogP contribution in [0.1, 0.15) is 12.0 Å². The van der Waals surface area contributed by atoms with Gasteiger partial charge < -0.3 is 15.1 Å². The van der Waals surface area contributed by atoms with Gasteiger partial charge in [0.05, 0.1) is 5.92 Å². The maximum absolute atomic E-state index is 12.2. The molecule has 0 radical (unpaired) electrons. The van der Waals surface area contributed by atoms with Gasteiger partial charge in [0, 0.05) is 24.2 Å². The topological polar surface area (TPSA) is 89.4 Å². The Morgan fingerprint density at radius 1 is 1.28 bits per heavy atom. The number of hydrogen-bond acceptors (Lipinski definition) is 4. The molecule has 1 atom stereocenters. The van der Waals surface area contributed by atoms with E-state index in [0.29, 0.717) is 29.2 Å². The third-order valence-corrected chi connectivity index (χ3v) is 4.48. The van der Waals surface area contributed by atoms with Crippen molar-refractivity contribution in [2.45, 2.75) is 13.3 Å². The Labute approximate surface area is 144 Å². The van der Waals surface area contributed by atoms with Gasteiger partial charge in [0.1, 0.15) is 5.52 Å². The van der Waals surface area contributed by atoms with Crippen LogP contribution in [0.5, 0.6) is 0 Å². The number of carbonyl (C=O) groups excluding carboxylic acids is 2. The van der Waals surface area contributed by atoms with Crippen LogP contribution in [0.2, 0.25) is 0 Å². The molecule has 2 N–H and O–H groups in total. The summed E-state index contributed by atoms with van der Waals surface area (Å²) in [5, 5.41) is 0. The molecule has 6 heteroatoms. The lowest BCUT2D eigenvalue weighted by molar-refractivity contribution is -0.123. The summed E-state index contributed by atoms with van der Waals surface area (Å²) in [7, 11) is 0. The number of nitrogens with zero attached hydrogens (tertiary/aromatic N) is 2. The summed E-state index contributed by atoms with van der Waals surface area (Å²) < 4.78 is 5.82. The van der Waals surface area contributed by atoms with Crippen molar-refractivity contribution in [2.75, 3.05) is 11.4 Å². The van der Waals surface area contributed by atoms with E-state index in [1.165, 1.54) is 0 Å². The maximum atomic E-state index is 12.2. The molecule has 1 aliphatic heterocycles. The molecule has 2 aromatic carbocycles. The molecular weight excluding hydrogens is 318 g/mol. The molecule has 126 valence electrons. The lowest BCUT2D eigenvalue weighted by Crippen LogP contribution is -2.28. The highest BCUT2D eigenvalue weighted by Crippen LogP contribution is 2.30. The summed E-state index contributed by atoms with van der Waals surface area (Å²) in [5.41, 5.74) is 9.38. The van der Waals surface area contributed by atoms with Crippen molar-refractivity contribution in [3.8, 4) is 11.5 Å². The number of anilines is 1. The molecule has 6 nitrogen and oxygen atoms in total. The van der Waals surface area contributed by atoms with Crippen molar-refractivity contribution in [3.63, 3.8) is 0 Å². The molecule has 1 saturated heterocycles. The number of rotatable bonds is 3. The fraction of sp³-hybridized carbons (Fsp3) is 0.211. The van der Waals surface area contributed by atoms with Gasteiger partial charge in [-0.3, -0.25) is 9.59 Å². The number of primary amides is 1. The summed E-state index contributed by atoms with van der Waals surface area (Å²) in [4.78, 5) is 29.6. The number of benzene rings is 2. The average Bonchev–Trinajstić information content (AvgIpc) is 3.17. The van der Waals surface area contributed by atoms with E-state index >= 15 is 0 Å². The first-order chi connectivity index (χ1) is 12.0. The summed E-state index contributed by atoms with van der Waals surface area (Å²) in [6, 6.07) is 13.3. The van der Waals surface area contributed by atoms with Gasteiger partial charge in [-0.05, 0) is 37.3 Å². The summed E-state index contributed by atoms with van der Waals surface area (Å²) in [6.07, 6.45) is 0.154. The second kappa shape index (κ2) is 5.73. The predicted molar refractivity (Wildman–Crippen MR) is 93.8 cm³/mol. The van der Waals surface area contributed by atoms with Crippen molar-refractivity contribution >= 4 is 28.6 Å². The lowest BCUT2D eigenvalue weighted by atomic mass is 10.1. The van der Waals surface area contributed by atoms with Crippen LogP contribution in [-0.4, -0.2) is 23.3 Å². The highest BCUT2D eigenvalue weighted by molar-refractivity contribution is 6.01. The van der Waals surface area contributed by atoms with Crippen LogP contribution in [0.25, 0.3) is 22.6 Å². The highest BCUT2D eigenvalue weighted by Gasteiger charge is 2.34. The zero-order valence-corrected chi connectivity index (χ0v) is 13.7. The van der Waals surface area contributed by atoms with Gasteiger partial charge in [-0.1, -0.05) is 17.7 Å². The Morgan fingerprint density at radius 3 is 2.84 bits per heavy atom. The predicted octanol–water partition coefficient (Wildman–Crippen LogP) is 2.64. The van der Waals surface area contributed by atoms with Crippen molar-refractivity contribution in [3.05, 3.63) is 48.0 Å². The standard InChI is InChI=1S/C19H17N3O3/c1-11-3-2-4-12(7-11)19-21-15-9-14(5-6-16(15)25-19)22-10-13(18(20)24)8-17(22)23/h2-7,9,13H,8,10H2,1H3,(H2,20,24)/t13-/m1/s1. The van der Waals surface area contributed by atoms with Crippen molar-refractivity contribution in [1.29, 1.82) is 0 Å². The molecule has 1 fully saturated rings. The fourth-order valence-electron chi connectivity index (χ4n) is 3.13. The van der Waals surface area contributed by atoms with E-state index in [2.05, 4.69) is 4.98 Å². The number of hydrogen-bond donors (Lipinski definition) is 1. The molecule has 1 aromatic heterocycles. The molecule has 0 saturated carbocycles. The number of aromatic nitrogens is 1. The van der Waals surface area contributed by atoms with E-state index in [1.54, 1.807) is 23.1 Å².